The van der Waals surface area contributed by atoms with Gasteiger partial charge in [-0.1, -0.05) is 0 Å². The third kappa shape index (κ3) is 3.47. The molecule has 1 N–H and O–H groups in total. The van der Waals surface area contributed by atoms with Crippen molar-refractivity contribution >= 4 is 33.7 Å². The van der Waals surface area contributed by atoms with Crippen LogP contribution in [0.5, 0.6) is 5.75 Å². The number of hydrazone groups is 1. The van der Waals surface area contributed by atoms with E-state index in [1.165, 1.54) is 12.1 Å². The molecule has 1 aromatic heterocycles. The number of benzene rings is 2. The molecule has 0 bridgehead atoms. The van der Waals surface area contributed by atoms with Crippen molar-refractivity contribution in [2.75, 3.05) is 12.5 Å². The summed E-state index contributed by atoms with van der Waals surface area (Å²) in [5.74, 6) is 0.666. The number of methoxy groups -OCH3 is 1. The standard InChI is InChI=1S/C18H16N4O6/c1-10-6-13(27-3)8-14-15(9-28-18(10)14)11(2)19-20-16-5-4-12(21(23)24)7-17(16)22(25)26/h4-9,20H,1-3H3/b19-11+. The molecule has 0 aliphatic rings. The van der Waals surface area contributed by atoms with Crippen molar-refractivity contribution in [2.45, 2.75) is 13.8 Å². The van der Waals surface area contributed by atoms with Crippen LogP contribution < -0.4 is 10.2 Å². The minimum absolute atomic E-state index is 0.0384. The van der Waals surface area contributed by atoms with Gasteiger partial charge in [-0.2, -0.15) is 5.10 Å². The van der Waals surface area contributed by atoms with Gasteiger partial charge in [-0.05, 0) is 37.6 Å². The van der Waals surface area contributed by atoms with Gasteiger partial charge in [-0.3, -0.25) is 25.7 Å². The summed E-state index contributed by atoms with van der Waals surface area (Å²) in [6.45, 7) is 3.60. The van der Waals surface area contributed by atoms with E-state index in [4.69, 9.17) is 9.15 Å². The number of rotatable bonds is 6. The molecule has 0 spiro atoms. The number of non-ortho nitro benzene ring substituents is 1. The minimum atomic E-state index is -0.707. The first kappa shape index (κ1) is 18.8. The highest BCUT2D eigenvalue weighted by atomic mass is 16.6. The third-order valence-corrected chi connectivity index (χ3v) is 4.19. The van der Waals surface area contributed by atoms with E-state index in [-0.39, 0.29) is 11.4 Å². The highest BCUT2D eigenvalue weighted by Gasteiger charge is 2.19. The number of anilines is 1. The summed E-state index contributed by atoms with van der Waals surface area (Å²) in [5, 5.41) is 27.0. The molecule has 0 atom stereocenters. The van der Waals surface area contributed by atoms with Crippen molar-refractivity contribution in [2.24, 2.45) is 5.10 Å². The maximum Gasteiger partial charge on any atom is 0.301 e. The highest BCUT2D eigenvalue weighted by Crippen LogP contribution is 2.31. The molecule has 3 rings (SSSR count). The molecule has 10 heteroatoms. The Morgan fingerprint density at radius 2 is 1.93 bits per heavy atom. The monoisotopic (exact) mass is 384 g/mol. The first-order chi connectivity index (χ1) is 13.3. The quantitative estimate of drug-likeness (QED) is 0.378. The van der Waals surface area contributed by atoms with E-state index in [1.54, 1.807) is 20.3 Å². The van der Waals surface area contributed by atoms with Gasteiger partial charge in [-0.15, -0.1) is 0 Å². The zero-order valence-electron chi connectivity index (χ0n) is 15.3. The summed E-state index contributed by atoms with van der Waals surface area (Å²) in [5.41, 5.74) is 4.61. The Labute approximate surface area is 158 Å². The molecule has 28 heavy (non-hydrogen) atoms. The third-order valence-electron chi connectivity index (χ3n) is 4.19. The van der Waals surface area contributed by atoms with Gasteiger partial charge in [0.25, 0.3) is 5.69 Å². The molecule has 0 fully saturated rings. The van der Waals surface area contributed by atoms with Crippen molar-refractivity contribution in [3.63, 3.8) is 0 Å². The Morgan fingerprint density at radius 1 is 1.18 bits per heavy atom. The van der Waals surface area contributed by atoms with Crippen LogP contribution >= 0.6 is 0 Å². The number of hydrogen-bond donors (Lipinski definition) is 1. The number of hydrogen-bond acceptors (Lipinski definition) is 8. The fraction of sp³-hybridized carbons (Fsp3) is 0.167. The second-order valence-corrected chi connectivity index (χ2v) is 6.00. The van der Waals surface area contributed by atoms with Gasteiger partial charge < -0.3 is 9.15 Å². The fourth-order valence-corrected chi connectivity index (χ4v) is 2.76. The average molecular weight is 384 g/mol. The molecule has 0 aliphatic carbocycles. The summed E-state index contributed by atoms with van der Waals surface area (Å²) in [4.78, 5) is 20.6. The predicted molar refractivity (Wildman–Crippen MR) is 103 cm³/mol. The lowest BCUT2D eigenvalue weighted by atomic mass is 10.1. The Kier molecular flexibility index (Phi) is 4.94. The maximum atomic E-state index is 11.2. The van der Waals surface area contributed by atoms with E-state index in [2.05, 4.69) is 10.5 Å². The van der Waals surface area contributed by atoms with Gasteiger partial charge in [0.15, 0.2) is 0 Å². The van der Waals surface area contributed by atoms with Crippen LogP contribution in [-0.2, 0) is 0 Å². The normalized spacial score (nSPS) is 11.5. The molecular formula is C18H16N4O6. The van der Waals surface area contributed by atoms with E-state index in [0.717, 1.165) is 17.0 Å². The van der Waals surface area contributed by atoms with Gasteiger partial charge >= 0.3 is 5.69 Å². The molecule has 0 radical (unpaired) electrons. The van der Waals surface area contributed by atoms with Crippen molar-refractivity contribution in [3.05, 3.63) is 68.0 Å². The zero-order valence-corrected chi connectivity index (χ0v) is 15.3. The molecule has 0 saturated carbocycles. The lowest BCUT2D eigenvalue weighted by molar-refractivity contribution is -0.393. The molecule has 10 nitrogen and oxygen atoms in total. The van der Waals surface area contributed by atoms with Crippen molar-refractivity contribution < 1.29 is 19.0 Å². The van der Waals surface area contributed by atoms with Crippen molar-refractivity contribution in [1.29, 1.82) is 0 Å². The lowest BCUT2D eigenvalue weighted by Gasteiger charge is -2.05. The molecule has 1 heterocycles. The summed E-state index contributed by atoms with van der Waals surface area (Å²) in [7, 11) is 1.57. The number of fused-ring (bicyclic) bond motifs is 1. The van der Waals surface area contributed by atoms with E-state index >= 15 is 0 Å². The highest BCUT2D eigenvalue weighted by molar-refractivity contribution is 6.09. The Balaban J connectivity index is 1.97. The molecule has 3 aromatic rings. The van der Waals surface area contributed by atoms with E-state index in [9.17, 15) is 20.2 Å². The van der Waals surface area contributed by atoms with E-state index in [1.807, 2.05) is 19.1 Å². The molecule has 0 amide bonds. The second-order valence-electron chi connectivity index (χ2n) is 6.00. The smallest absolute Gasteiger partial charge is 0.301 e. The van der Waals surface area contributed by atoms with Crippen molar-refractivity contribution in [3.8, 4) is 5.75 Å². The van der Waals surface area contributed by atoms with Crippen LogP contribution in [0.25, 0.3) is 11.0 Å². The number of nitrogens with zero attached hydrogens (tertiary/aromatic N) is 3. The number of ether oxygens (including phenoxy) is 1. The van der Waals surface area contributed by atoms with Crippen molar-refractivity contribution in [1.82, 2.24) is 0 Å². The largest absolute Gasteiger partial charge is 0.497 e. The minimum Gasteiger partial charge on any atom is -0.497 e. The van der Waals surface area contributed by atoms with Crippen LogP contribution in [0.2, 0.25) is 0 Å². The summed E-state index contributed by atoms with van der Waals surface area (Å²) < 4.78 is 10.9. The summed E-state index contributed by atoms with van der Waals surface area (Å²) in [6.07, 6.45) is 1.54. The molecule has 144 valence electrons. The van der Waals surface area contributed by atoms with Crippen LogP contribution in [0.1, 0.15) is 18.1 Å². The second kappa shape index (κ2) is 7.35. The van der Waals surface area contributed by atoms with Crippen LogP contribution in [0.3, 0.4) is 0 Å². The zero-order chi connectivity index (χ0) is 20.4. The molecule has 0 aliphatic heterocycles. The molecular weight excluding hydrogens is 368 g/mol. The lowest BCUT2D eigenvalue weighted by Crippen LogP contribution is -2.02. The fourth-order valence-electron chi connectivity index (χ4n) is 2.76. The van der Waals surface area contributed by atoms with Crippen LogP contribution in [0, 0.1) is 27.2 Å². The van der Waals surface area contributed by atoms with E-state index in [0.29, 0.717) is 22.6 Å². The summed E-state index contributed by atoms with van der Waals surface area (Å²) in [6, 6.07) is 6.96. The molecule has 0 unspecified atom stereocenters. The average Bonchev–Trinajstić information content (AvgIpc) is 3.10. The van der Waals surface area contributed by atoms with Crippen LogP contribution in [0.15, 0.2) is 46.1 Å². The van der Waals surface area contributed by atoms with Gasteiger partial charge in [0, 0.05) is 17.0 Å². The van der Waals surface area contributed by atoms with E-state index < -0.39 is 15.5 Å². The Morgan fingerprint density at radius 3 is 2.57 bits per heavy atom. The maximum absolute atomic E-state index is 11.2. The first-order valence-electron chi connectivity index (χ1n) is 8.11. The Hall–Kier alpha value is -3.95. The van der Waals surface area contributed by atoms with Crippen LogP contribution in [-0.4, -0.2) is 22.7 Å². The predicted octanol–water partition coefficient (Wildman–Crippen LogP) is 4.40. The summed E-state index contributed by atoms with van der Waals surface area (Å²) >= 11 is 0. The first-order valence-corrected chi connectivity index (χ1v) is 8.11. The number of furan rings is 1. The number of nitrogens with one attached hydrogen (secondary N) is 1. The van der Waals surface area contributed by atoms with Gasteiger partial charge in [0.05, 0.1) is 28.7 Å². The Bertz CT molecular complexity index is 1120. The molecule has 0 saturated heterocycles. The van der Waals surface area contributed by atoms with Gasteiger partial charge in [-0.25, -0.2) is 0 Å². The van der Waals surface area contributed by atoms with Gasteiger partial charge in [0.1, 0.15) is 23.3 Å². The van der Waals surface area contributed by atoms with Crippen LogP contribution in [0.4, 0.5) is 17.1 Å². The molecule has 2 aromatic carbocycles. The number of aryl methyl sites for hydroxylation is 1. The SMILES string of the molecule is COc1cc(C)c2occ(/C(C)=N/Nc3ccc([N+](=O)[O-])cc3[N+](=O)[O-])c2c1. The number of nitro groups is 2. The number of nitro benzene ring substituents is 2. The topological polar surface area (TPSA) is 133 Å². The van der Waals surface area contributed by atoms with Gasteiger partial charge in [0.2, 0.25) is 0 Å².